The van der Waals surface area contributed by atoms with Gasteiger partial charge in [0.2, 0.25) is 0 Å². The third-order valence-electron chi connectivity index (χ3n) is 4.52. The topological polar surface area (TPSA) is 42.1 Å². The third kappa shape index (κ3) is 2.84. The summed E-state index contributed by atoms with van der Waals surface area (Å²) >= 11 is 0. The molecule has 0 amide bonds. The van der Waals surface area contributed by atoms with Gasteiger partial charge in [-0.1, -0.05) is 18.2 Å². The summed E-state index contributed by atoms with van der Waals surface area (Å²) in [5.41, 5.74) is 8.55. The van der Waals surface area contributed by atoms with E-state index in [2.05, 4.69) is 29.1 Å². The zero-order valence-electron chi connectivity index (χ0n) is 12.1. The Morgan fingerprint density at radius 1 is 1.40 bits per heavy atom. The smallest absolute Gasteiger partial charge is 0.0702 e. The summed E-state index contributed by atoms with van der Waals surface area (Å²) in [6.45, 7) is 1.23. The first-order valence-corrected chi connectivity index (χ1v) is 7.54. The molecule has 3 heteroatoms. The van der Waals surface area contributed by atoms with Gasteiger partial charge in [0.1, 0.15) is 0 Å². The average molecular weight is 269 g/mol. The molecule has 1 aliphatic heterocycles. The zero-order chi connectivity index (χ0) is 13.9. The Morgan fingerprint density at radius 2 is 2.25 bits per heavy atom. The third-order valence-corrected chi connectivity index (χ3v) is 4.52. The van der Waals surface area contributed by atoms with Crippen molar-refractivity contribution in [1.29, 1.82) is 0 Å². The van der Waals surface area contributed by atoms with Crippen LogP contribution in [-0.4, -0.2) is 29.5 Å². The molecule has 1 aromatic heterocycles. The fraction of sp³-hybridized carbons (Fsp3) is 0.471. The van der Waals surface area contributed by atoms with E-state index in [1.54, 1.807) is 0 Å². The highest BCUT2D eigenvalue weighted by Gasteiger charge is 2.21. The van der Waals surface area contributed by atoms with Crippen molar-refractivity contribution in [2.24, 2.45) is 5.73 Å². The maximum absolute atomic E-state index is 6.35. The highest BCUT2D eigenvalue weighted by molar-refractivity contribution is 5.78. The predicted octanol–water partition coefficient (Wildman–Crippen LogP) is 3.11. The summed E-state index contributed by atoms with van der Waals surface area (Å²) in [5.74, 6) is 0. The van der Waals surface area contributed by atoms with Crippen LogP contribution in [0.15, 0.2) is 36.5 Å². The summed E-state index contributed by atoms with van der Waals surface area (Å²) in [6, 6.07) is 11.2. The summed E-state index contributed by atoms with van der Waals surface area (Å²) in [4.78, 5) is 6.97. The van der Waals surface area contributed by atoms with Crippen LogP contribution in [0, 0.1) is 0 Å². The second-order valence-corrected chi connectivity index (χ2v) is 5.92. The van der Waals surface area contributed by atoms with Gasteiger partial charge >= 0.3 is 0 Å². The number of hydrogen-bond donors (Lipinski definition) is 1. The summed E-state index contributed by atoms with van der Waals surface area (Å²) in [5, 5.41) is 1.18. The molecule has 20 heavy (non-hydrogen) atoms. The van der Waals surface area contributed by atoms with E-state index in [0.717, 1.165) is 23.5 Å². The van der Waals surface area contributed by atoms with E-state index in [-0.39, 0.29) is 6.04 Å². The molecule has 2 unspecified atom stereocenters. The maximum atomic E-state index is 6.35. The Hall–Kier alpha value is -1.45. The molecule has 0 aliphatic carbocycles. The number of fused-ring (bicyclic) bond motifs is 1. The Kier molecular flexibility index (Phi) is 3.99. The van der Waals surface area contributed by atoms with Gasteiger partial charge in [-0.05, 0) is 57.0 Å². The maximum Gasteiger partial charge on any atom is 0.0702 e. The van der Waals surface area contributed by atoms with Gasteiger partial charge in [-0.3, -0.25) is 4.98 Å². The van der Waals surface area contributed by atoms with Gasteiger partial charge in [0.25, 0.3) is 0 Å². The number of hydrogen-bond acceptors (Lipinski definition) is 3. The van der Waals surface area contributed by atoms with Crippen molar-refractivity contribution in [1.82, 2.24) is 9.88 Å². The number of nitrogens with zero attached hydrogens (tertiary/aromatic N) is 2. The molecule has 3 rings (SSSR count). The van der Waals surface area contributed by atoms with Crippen molar-refractivity contribution in [2.75, 3.05) is 13.6 Å². The van der Waals surface area contributed by atoms with Crippen LogP contribution in [0.1, 0.15) is 37.3 Å². The van der Waals surface area contributed by atoms with Gasteiger partial charge in [-0.25, -0.2) is 0 Å². The van der Waals surface area contributed by atoms with E-state index in [1.165, 1.54) is 31.2 Å². The van der Waals surface area contributed by atoms with Crippen LogP contribution >= 0.6 is 0 Å². The monoisotopic (exact) mass is 269 g/mol. The van der Waals surface area contributed by atoms with E-state index >= 15 is 0 Å². The molecule has 0 radical (unpaired) electrons. The zero-order valence-corrected chi connectivity index (χ0v) is 12.1. The van der Waals surface area contributed by atoms with E-state index in [4.69, 9.17) is 5.73 Å². The predicted molar refractivity (Wildman–Crippen MR) is 83.6 cm³/mol. The van der Waals surface area contributed by atoms with Crippen molar-refractivity contribution in [3.8, 4) is 0 Å². The van der Waals surface area contributed by atoms with Crippen LogP contribution in [-0.2, 0) is 0 Å². The number of pyridine rings is 1. The lowest BCUT2D eigenvalue weighted by Gasteiger charge is -2.21. The van der Waals surface area contributed by atoms with Gasteiger partial charge in [0, 0.05) is 23.7 Å². The van der Waals surface area contributed by atoms with Crippen LogP contribution in [0.3, 0.4) is 0 Å². The second kappa shape index (κ2) is 5.90. The van der Waals surface area contributed by atoms with Crippen LogP contribution in [0.5, 0.6) is 0 Å². The van der Waals surface area contributed by atoms with Crippen molar-refractivity contribution < 1.29 is 0 Å². The molecule has 2 atom stereocenters. The minimum Gasteiger partial charge on any atom is -0.324 e. The van der Waals surface area contributed by atoms with E-state index in [0.29, 0.717) is 0 Å². The molecule has 106 valence electrons. The molecule has 1 fully saturated rings. The van der Waals surface area contributed by atoms with Crippen LogP contribution in [0.2, 0.25) is 0 Å². The Labute approximate surface area is 120 Å². The van der Waals surface area contributed by atoms with Crippen molar-refractivity contribution in [3.05, 3.63) is 42.1 Å². The average Bonchev–Trinajstić information content (AvgIpc) is 2.89. The first-order chi connectivity index (χ1) is 9.74. The number of nitrogens with two attached hydrogens (primary N) is 1. The largest absolute Gasteiger partial charge is 0.324 e. The van der Waals surface area contributed by atoms with Gasteiger partial charge < -0.3 is 10.6 Å². The lowest BCUT2D eigenvalue weighted by Crippen LogP contribution is -2.26. The highest BCUT2D eigenvalue weighted by Crippen LogP contribution is 2.24. The van der Waals surface area contributed by atoms with Crippen LogP contribution in [0.25, 0.3) is 10.9 Å². The summed E-state index contributed by atoms with van der Waals surface area (Å²) in [6.07, 6.45) is 6.80. The first kappa shape index (κ1) is 13.5. The number of benzene rings is 1. The molecule has 1 aromatic carbocycles. The molecule has 0 spiro atoms. The molecule has 2 aromatic rings. The molecule has 2 N–H and O–H groups in total. The standard InChI is InChI=1S/C17H23N3/c1-20-10-4-6-15(20)8-9-16(18)14-11-13-5-2-3-7-17(13)19-12-14/h2-3,5,7,11-12,15-16H,4,6,8-10,18H2,1H3. The first-order valence-electron chi connectivity index (χ1n) is 7.54. The molecule has 0 saturated carbocycles. The number of rotatable bonds is 4. The van der Waals surface area contributed by atoms with Crippen molar-refractivity contribution in [3.63, 3.8) is 0 Å². The molecule has 0 bridgehead atoms. The van der Waals surface area contributed by atoms with E-state index in [1.807, 2.05) is 24.4 Å². The Balaban J connectivity index is 1.67. The fourth-order valence-electron chi connectivity index (χ4n) is 3.17. The normalized spacial score (nSPS) is 21.4. The quantitative estimate of drug-likeness (QED) is 0.927. The van der Waals surface area contributed by atoms with Gasteiger partial charge in [-0.15, -0.1) is 0 Å². The lowest BCUT2D eigenvalue weighted by molar-refractivity contribution is 0.286. The summed E-state index contributed by atoms with van der Waals surface area (Å²) in [7, 11) is 2.22. The molecule has 3 nitrogen and oxygen atoms in total. The minimum atomic E-state index is 0.0982. The number of para-hydroxylation sites is 1. The lowest BCUT2D eigenvalue weighted by atomic mass is 9.99. The minimum absolute atomic E-state index is 0.0982. The summed E-state index contributed by atoms with van der Waals surface area (Å²) < 4.78 is 0. The molecular weight excluding hydrogens is 246 g/mol. The van der Waals surface area contributed by atoms with Crippen molar-refractivity contribution >= 4 is 10.9 Å². The van der Waals surface area contributed by atoms with Crippen LogP contribution in [0.4, 0.5) is 0 Å². The SMILES string of the molecule is CN1CCCC1CCC(N)c1cnc2ccccc2c1. The van der Waals surface area contributed by atoms with E-state index < -0.39 is 0 Å². The molecular formula is C17H23N3. The van der Waals surface area contributed by atoms with Gasteiger partial charge in [-0.2, -0.15) is 0 Å². The second-order valence-electron chi connectivity index (χ2n) is 5.92. The van der Waals surface area contributed by atoms with Gasteiger partial charge in [0.15, 0.2) is 0 Å². The molecule has 1 aliphatic rings. The van der Waals surface area contributed by atoms with Gasteiger partial charge in [0.05, 0.1) is 5.52 Å². The Bertz CT molecular complexity index is 581. The fourth-order valence-corrected chi connectivity index (χ4v) is 3.17. The van der Waals surface area contributed by atoms with Crippen molar-refractivity contribution in [2.45, 2.75) is 37.8 Å². The molecule has 1 saturated heterocycles. The number of likely N-dealkylation sites (tertiary alicyclic amines) is 1. The van der Waals surface area contributed by atoms with Crippen LogP contribution < -0.4 is 5.73 Å². The molecule has 2 heterocycles. The van der Waals surface area contributed by atoms with E-state index in [9.17, 15) is 0 Å². The Morgan fingerprint density at radius 3 is 3.05 bits per heavy atom. The number of aromatic nitrogens is 1. The highest BCUT2D eigenvalue weighted by atomic mass is 15.1.